The number of amides is 1. The molecule has 0 aromatic heterocycles. The highest BCUT2D eigenvalue weighted by Crippen LogP contribution is 2.21. The molecule has 8 heavy (non-hydrogen) atoms. The molecule has 47 valence electrons. The van der Waals surface area contributed by atoms with Gasteiger partial charge in [0.25, 0.3) is 0 Å². The molecule has 0 aromatic carbocycles. The third kappa shape index (κ3) is 5.94. The summed E-state index contributed by atoms with van der Waals surface area (Å²) in [5, 5.41) is 0. The highest BCUT2D eigenvalue weighted by Gasteiger charge is 2.23. The third-order valence-electron chi connectivity index (χ3n) is 0.208. The smallest absolute Gasteiger partial charge is 0.261 e. The van der Waals surface area contributed by atoms with E-state index in [0.717, 1.165) is 6.41 Å². The molecule has 0 fully saturated rings. The Morgan fingerprint density at radius 3 is 2.38 bits per heavy atom. The van der Waals surface area contributed by atoms with Crippen molar-refractivity contribution in [1.82, 2.24) is 5.48 Å². The van der Waals surface area contributed by atoms with Gasteiger partial charge in [-0.3, -0.25) is 4.79 Å². The first-order valence-corrected chi connectivity index (χ1v) is 2.19. The number of alkyl halides is 3. The maximum atomic E-state index is 11.6. The molecule has 0 aliphatic heterocycles. The summed E-state index contributed by atoms with van der Waals surface area (Å²) in [4.78, 5) is 12.8. The number of hydroxylamine groups is 1. The molecule has 0 heterocycles. The van der Waals surface area contributed by atoms with Crippen LogP contribution in [0, 0.1) is 0 Å². The highest BCUT2D eigenvalue weighted by molar-refractivity contribution is 6.45. The molecule has 1 amide bonds. The van der Waals surface area contributed by atoms with E-state index in [4.69, 9.17) is 0 Å². The first-order valence-electron chi connectivity index (χ1n) is 1.43. The fourth-order valence-corrected chi connectivity index (χ4v) is 0.156. The number of nitrogens with one attached hydrogen (secondary N) is 1. The standard InChI is InChI=1S/C2HCl2FNO2/c3-2(4,5)8-6-1-7/h(H,6,7). The van der Waals surface area contributed by atoms with Crippen molar-refractivity contribution in [3.05, 3.63) is 0 Å². The van der Waals surface area contributed by atoms with E-state index < -0.39 is 4.77 Å². The topological polar surface area (TPSA) is 38.3 Å². The van der Waals surface area contributed by atoms with E-state index in [-0.39, 0.29) is 0 Å². The van der Waals surface area contributed by atoms with Crippen molar-refractivity contribution in [2.24, 2.45) is 0 Å². The van der Waals surface area contributed by atoms with Crippen molar-refractivity contribution in [2.45, 2.75) is 4.77 Å². The molecule has 0 saturated carbocycles. The summed E-state index contributed by atoms with van der Waals surface area (Å²) < 4.78 is 8.77. The van der Waals surface area contributed by atoms with Crippen LogP contribution >= 0.6 is 23.2 Å². The minimum Gasteiger partial charge on any atom is -0.261 e. The van der Waals surface area contributed by atoms with E-state index in [1.165, 1.54) is 5.48 Å². The van der Waals surface area contributed by atoms with Crippen LogP contribution in [-0.4, -0.2) is 11.2 Å². The van der Waals surface area contributed by atoms with E-state index in [2.05, 4.69) is 28.0 Å². The SMILES string of the molecule is O=[C]NOC(F)(Cl)Cl. The molecule has 0 aromatic rings. The van der Waals surface area contributed by atoms with Gasteiger partial charge in [0, 0.05) is 0 Å². The zero-order valence-electron chi connectivity index (χ0n) is 3.45. The molecule has 0 aliphatic carbocycles. The minimum atomic E-state index is -2.88. The van der Waals surface area contributed by atoms with E-state index in [0.29, 0.717) is 0 Å². The summed E-state index contributed by atoms with van der Waals surface area (Å²) in [5.74, 6) is 0. The molecule has 0 bridgehead atoms. The van der Waals surface area contributed by atoms with Crippen LogP contribution < -0.4 is 5.48 Å². The summed E-state index contributed by atoms with van der Waals surface area (Å²) in [7, 11) is 0. The number of hydrogen-bond donors (Lipinski definition) is 1. The summed E-state index contributed by atoms with van der Waals surface area (Å²) in [6.07, 6.45) is 0.993. The van der Waals surface area contributed by atoms with E-state index in [1.807, 2.05) is 0 Å². The molecular formula is C2HCl2FNO2. The summed E-state index contributed by atoms with van der Waals surface area (Å²) >= 11 is 9.09. The van der Waals surface area contributed by atoms with E-state index >= 15 is 0 Å². The van der Waals surface area contributed by atoms with Crippen molar-refractivity contribution < 1.29 is 14.0 Å². The molecule has 6 heteroatoms. The largest absolute Gasteiger partial charge is 0.387 e. The summed E-state index contributed by atoms with van der Waals surface area (Å²) in [5.41, 5.74) is 1.34. The quantitative estimate of drug-likeness (QED) is 0.374. The van der Waals surface area contributed by atoms with Crippen molar-refractivity contribution >= 4 is 29.6 Å². The molecular weight excluding hydrogens is 160 g/mol. The fraction of sp³-hybridized carbons (Fsp3) is 0.500. The van der Waals surface area contributed by atoms with E-state index in [1.54, 1.807) is 0 Å². The molecule has 0 unspecified atom stereocenters. The summed E-state index contributed by atoms with van der Waals surface area (Å²) in [6, 6.07) is 0. The number of hydrogen-bond acceptors (Lipinski definition) is 2. The lowest BCUT2D eigenvalue weighted by atomic mass is 11.4. The normalized spacial score (nSPS) is 10.9. The van der Waals surface area contributed by atoms with Gasteiger partial charge in [-0.1, -0.05) is 0 Å². The lowest BCUT2D eigenvalue weighted by molar-refractivity contribution is -0.0490. The van der Waals surface area contributed by atoms with Crippen LogP contribution in [0.2, 0.25) is 0 Å². The second-order valence-corrected chi connectivity index (χ2v) is 1.92. The predicted molar refractivity (Wildman–Crippen MR) is 25.5 cm³/mol. The maximum Gasteiger partial charge on any atom is 0.387 e. The van der Waals surface area contributed by atoms with Gasteiger partial charge < -0.3 is 0 Å². The van der Waals surface area contributed by atoms with Gasteiger partial charge in [-0.05, 0) is 23.2 Å². The molecule has 1 radical (unpaired) electrons. The number of halogens is 3. The van der Waals surface area contributed by atoms with Gasteiger partial charge in [0.05, 0.1) is 0 Å². The summed E-state index contributed by atoms with van der Waals surface area (Å²) in [6.45, 7) is 0. The lowest BCUT2D eigenvalue weighted by Crippen LogP contribution is -2.22. The molecule has 0 aliphatic rings. The Bertz CT molecular complexity index is 82.6. The first kappa shape index (κ1) is 7.94. The third-order valence-corrected chi connectivity index (χ3v) is 0.363. The Morgan fingerprint density at radius 1 is 1.75 bits per heavy atom. The fourth-order valence-electron chi connectivity index (χ4n) is 0.0787. The zero-order valence-corrected chi connectivity index (χ0v) is 4.96. The van der Waals surface area contributed by atoms with E-state index in [9.17, 15) is 9.18 Å². The molecule has 3 nitrogen and oxygen atoms in total. The molecule has 0 spiro atoms. The maximum absolute atomic E-state index is 11.6. The van der Waals surface area contributed by atoms with Crippen molar-refractivity contribution in [1.29, 1.82) is 0 Å². The van der Waals surface area contributed by atoms with Gasteiger partial charge in [0.2, 0.25) is 0 Å². The van der Waals surface area contributed by atoms with Gasteiger partial charge >= 0.3 is 11.2 Å². The molecule has 0 rings (SSSR count). The Labute approximate surface area is 54.7 Å². The number of rotatable bonds is 3. The van der Waals surface area contributed by atoms with Gasteiger partial charge in [-0.15, -0.1) is 0 Å². The van der Waals surface area contributed by atoms with Gasteiger partial charge in [-0.2, -0.15) is 4.39 Å². The van der Waals surface area contributed by atoms with Gasteiger partial charge in [-0.25, -0.2) is 10.3 Å². The molecule has 0 atom stereocenters. The predicted octanol–water partition coefficient (Wildman–Crippen LogP) is 0.633. The second-order valence-electron chi connectivity index (χ2n) is 0.752. The van der Waals surface area contributed by atoms with Gasteiger partial charge in [0.1, 0.15) is 0 Å². The Hall–Kier alpha value is -0.0600. The van der Waals surface area contributed by atoms with Crippen molar-refractivity contribution in [3.8, 4) is 0 Å². The number of carbonyl (C=O) groups excluding carboxylic acids is 1. The monoisotopic (exact) mass is 160 g/mol. The van der Waals surface area contributed by atoms with Crippen LogP contribution in [0.5, 0.6) is 0 Å². The Balaban J connectivity index is 3.24. The van der Waals surface area contributed by atoms with Crippen LogP contribution in [0.1, 0.15) is 0 Å². The van der Waals surface area contributed by atoms with Crippen LogP contribution in [0.3, 0.4) is 0 Å². The molecule has 0 saturated heterocycles. The zero-order chi connectivity index (χ0) is 6.62. The van der Waals surface area contributed by atoms with Crippen LogP contribution in [-0.2, 0) is 9.63 Å². The first-order chi connectivity index (χ1) is 3.56. The molecule has 1 N–H and O–H groups in total. The highest BCUT2D eigenvalue weighted by atomic mass is 35.5. The minimum absolute atomic E-state index is 0.993. The van der Waals surface area contributed by atoms with Crippen molar-refractivity contribution in [3.63, 3.8) is 0 Å². The average molecular weight is 161 g/mol. The lowest BCUT2D eigenvalue weighted by Gasteiger charge is -2.04. The van der Waals surface area contributed by atoms with Gasteiger partial charge in [0.15, 0.2) is 0 Å². The van der Waals surface area contributed by atoms with Crippen LogP contribution in [0.4, 0.5) is 4.39 Å². The Morgan fingerprint density at radius 2 is 2.25 bits per heavy atom. The average Bonchev–Trinajstić information content (AvgIpc) is 1.59. The van der Waals surface area contributed by atoms with Crippen molar-refractivity contribution in [2.75, 3.05) is 0 Å². The van der Waals surface area contributed by atoms with Crippen LogP contribution in [0.15, 0.2) is 0 Å². The Kier molecular flexibility index (Phi) is 3.04. The second kappa shape index (κ2) is 3.06. The van der Waals surface area contributed by atoms with Crippen LogP contribution in [0.25, 0.3) is 0 Å².